The van der Waals surface area contributed by atoms with E-state index < -0.39 is 0 Å². The van der Waals surface area contributed by atoms with E-state index in [2.05, 4.69) is 17.1 Å². The molecule has 0 bridgehead atoms. The van der Waals surface area contributed by atoms with Gasteiger partial charge in [0.2, 0.25) is 0 Å². The Hall–Kier alpha value is -0.0800. The Kier molecular flexibility index (Phi) is 6.50. The minimum atomic E-state index is 0.913. The van der Waals surface area contributed by atoms with Gasteiger partial charge in [-0.1, -0.05) is 32.6 Å². The summed E-state index contributed by atoms with van der Waals surface area (Å²) in [5.41, 5.74) is 0. The molecule has 2 saturated heterocycles. The number of nitrogens with zero attached hydrogens (tertiary/aromatic N) is 1. The van der Waals surface area contributed by atoms with Gasteiger partial charge in [0, 0.05) is 6.04 Å². The molecular weight excluding hydrogens is 220 g/mol. The first kappa shape index (κ1) is 14.3. The zero-order valence-electron chi connectivity index (χ0n) is 12.3. The van der Waals surface area contributed by atoms with E-state index in [0.717, 1.165) is 12.0 Å². The van der Waals surface area contributed by atoms with Crippen LogP contribution >= 0.6 is 0 Å². The van der Waals surface area contributed by atoms with Gasteiger partial charge in [-0.25, -0.2) is 0 Å². The van der Waals surface area contributed by atoms with E-state index >= 15 is 0 Å². The second-order valence-corrected chi connectivity index (χ2v) is 6.27. The van der Waals surface area contributed by atoms with E-state index in [-0.39, 0.29) is 0 Å². The lowest BCUT2D eigenvalue weighted by molar-refractivity contribution is 0.0595. The quantitative estimate of drug-likeness (QED) is 0.698. The highest BCUT2D eigenvalue weighted by Gasteiger charge is 2.32. The van der Waals surface area contributed by atoms with Crippen LogP contribution in [0.2, 0.25) is 0 Å². The molecule has 2 fully saturated rings. The molecule has 1 N–H and O–H groups in total. The molecule has 106 valence electrons. The lowest BCUT2D eigenvalue weighted by Gasteiger charge is -2.44. The van der Waals surface area contributed by atoms with Crippen LogP contribution < -0.4 is 5.32 Å². The Balaban J connectivity index is 1.62. The molecule has 0 spiro atoms. The van der Waals surface area contributed by atoms with E-state index in [4.69, 9.17) is 0 Å². The Morgan fingerprint density at radius 3 is 2.78 bits per heavy atom. The molecule has 2 atom stereocenters. The van der Waals surface area contributed by atoms with Crippen LogP contribution in [0.3, 0.4) is 0 Å². The standard InChI is InChI=1S/C16H32N2/c1-2-3-4-6-11-17-14-15-9-8-13-18-12-7-5-10-16(15)18/h15-17H,2-14H2,1H3/t15-,16?/m0/s1. The van der Waals surface area contributed by atoms with Crippen LogP contribution in [-0.2, 0) is 0 Å². The van der Waals surface area contributed by atoms with Gasteiger partial charge in [0.15, 0.2) is 0 Å². The molecular formula is C16H32N2. The van der Waals surface area contributed by atoms with Crippen molar-refractivity contribution in [2.45, 2.75) is 70.8 Å². The Morgan fingerprint density at radius 2 is 1.89 bits per heavy atom. The van der Waals surface area contributed by atoms with Crippen LogP contribution in [-0.4, -0.2) is 37.1 Å². The van der Waals surface area contributed by atoms with Gasteiger partial charge in [0.1, 0.15) is 0 Å². The second-order valence-electron chi connectivity index (χ2n) is 6.27. The first-order valence-electron chi connectivity index (χ1n) is 8.36. The largest absolute Gasteiger partial charge is 0.316 e. The van der Waals surface area contributed by atoms with Crippen LogP contribution in [0.15, 0.2) is 0 Å². The average Bonchev–Trinajstić information content (AvgIpc) is 2.43. The van der Waals surface area contributed by atoms with Gasteiger partial charge < -0.3 is 10.2 Å². The van der Waals surface area contributed by atoms with Gasteiger partial charge >= 0.3 is 0 Å². The van der Waals surface area contributed by atoms with E-state index in [1.807, 2.05) is 0 Å². The number of piperidine rings is 2. The summed E-state index contributed by atoms with van der Waals surface area (Å²) in [5, 5.41) is 3.72. The lowest BCUT2D eigenvalue weighted by Crippen LogP contribution is -2.50. The summed E-state index contributed by atoms with van der Waals surface area (Å²) in [6.07, 6.45) is 12.8. The third-order valence-electron chi connectivity index (χ3n) is 4.84. The molecule has 0 saturated carbocycles. The van der Waals surface area contributed by atoms with Crippen molar-refractivity contribution in [1.29, 1.82) is 0 Å². The molecule has 2 rings (SSSR count). The summed E-state index contributed by atoms with van der Waals surface area (Å²) in [6, 6.07) is 0.913. The number of rotatable bonds is 7. The maximum absolute atomic E-state index is 3.72. The minimum absolute atomic E-state index is 0.913. The normalized spacial score (nSPS) is 29.2. The van der Waals surface area contributed by atoms with E-state index in [1.54, 1.807) is 0 Å². The third-order valence-corrected chi connectivity index (χ3v) is 4.84. The van der Waals surface area contributed by atoms with E-state index in [0.29, 0.717) is 0 Å². The summed E-state index contributed by atoms with van der Waals surface area (Å²) in [5.74, 6) is 0.935. The summed E-state index contributed by atoms with van der Waals surface area (Å²) >= 11 is 0. The number of unbranched alkanes of at least 4 members (excludes halogenated alkanes) is 3. The highest BCUT2D eigenvalue weighted by Crippen LogP contribution is 2.30. The highest BCUT2D eigenvalue weighted by atomic mass is 15.2. The molecule has 0 aromatic heterocycles. The van der Waals surface area contributed by atoms with Crippen molar-refractivity contribution in [1.82, 2.24) is 10.2 Å². The fourth-order valence-electron chi connectivity index (χ4n) is 3.78. The Labute approximate surface area is 114 Å². The van der Waals surface area contributed by atoms with Gasteiger partial charge in [-0.15, -0.1) is 0 Å². The SMILES string of the molecule is CCCCCCNC[C@@H]1CCCN2CCCCC12. The average molecular weight is 252 g/mol. The monoisotopic (exact) mass is 252 g/mol. The van der Waals surface area contributed by atoms with Gasteiger partial charge in [0.25, 0.3) is 0 Å². The highest BCUT2D eigenvalue weighted by molar-refractivity contribution is 4.87. The molecule has 2 heteroatoms. The number of hydrogen-bond donors (Lipinski definition) is 1. The first-order valence-corrected chi connectivity index (χ1v) is 8.36. The van der Waals surface area contributed by atoms with Crippen molar-refractivity contribution in [3.8, 4) is 0 Å². The van der Waals surface area contributed by atoms with Gasteiger partial charge in [0.05, 0.1) is 0 Å². The van der Waals surface area contributed by atoms with Crippen LogP contribution in [0.1, 0.15) is 64.7 Å². The smallest absolute Gasteiger partial charge is 0.0136 e. The molecule has 1 unspecified atom stereocenters. The van der Waals surface area contributed by atoms with Crippen LogP contribution in [0.25, 0.3) is 0 Å². The fourth-order valence-corrected chi connectivity index (χ4v) is 3.78. The van der Waals surface area contributed by atoms with Crippen molar-refractivity contribution < 1.29 is 0 Å². The molecule has 2 nitrogen and oxygen atoms in total. The molecule has 0 aliphatic carbocycles. The zero-order chi connectivity index (χ0) is 12.6. The molecule has 0 amide bonds. The molecule has 2 heterocycles. The van der Waals surface area contributed by atoms with Crippen LogP contribution in [0.4, 0.5) is 0 Å². The first-order chi connectivity index (χ1) is 8.92. The summed E-state index contributed by atoms with van der Waals surface area (Å²) in [7, 11) is 0. The number of nitrogens with one attached hydrogen (secondary N) is 1. The number of hydrogen-bond acceptors (Lipinski definition) is 2. The Morgan fingerprint density at radius 1 is 1.00 bits per heavy atom. The summed E-state index contributed by atoms with van der Waals surface area (Å²) < 4.78 is 0. The third kappa shape index (κ3) is 4.24. The van der Waals surface area contributed by atoms with Crippen molar-refractivity contribution in [3.63, 3.8) is 0 Å². The van der Waals surface area contributed by atoms with Gasteiger partial charge in [-0.05, 0) is 64.2 Å². The predicted molar refractivity (Wildman–Crippen MR) is 78.9 cm³/mol. The number of fused-ring (bicyclic) bond motifs is 1. The van der Waals surface area contributed by atoms with Gasteiger partial charge in [-0.3, -0.25) is 0 Å². The van der Waals surface area contributed by atoms with Crippen molar-refractivity contribution >= 4 is 0 Å². The molecule has 2 aliphatic rings. The zero-order valence-corrected chi connectivity index (χ0v) is 12.3. The maximum Gasteiger partial charge on any atom is 0.0136 e. The van der Waals surface area contributed by atoms with Crippen molar-refractivity contribution in [2.24, 2.45) is 5.92 Å². The topological polar surface area (TPSA) is 15.3 Å². The lowest BCUT2D eigenvalue weighted by atomic mass is 9.83. The molecule has 0 radical (unpaired) electrons. The summed E-state index contributed by atoms with van der Waals surface area (Å²) in [4.78, 5) is 2.77. The van der Waals surface area contributed by atoms with Crippen molar-refractivity contribution in [2.75, 3.05) is 26.2 Å². The van der Waals surface area contributed by atoms with Crippen LogP contribution in [0, 0.1) is 5.92 Å². The van der Waals surface area contributed by atoms with E-state index in [1.165, 1.54) is 84.0 Å². The second kappa shape index (κ2) is 8.16. The molecule has 18 heavy (non-hydrogen) atoms. The molecule has 0 aromatic rings. The molecule has 0 aromatic carbocycles. The van der Waals surface area contributed by atoms with Gasteiger partial charge in [-0.2, -0.15) is 0 Å². The predicted octanol–water partition coefficient (Wildman–Crippen LogP) is 3.42. The van der Waals surface area contributed by atoms with Crippen LogP contribution in [0.5, 0.6) is 0 Å². The maximum atomic E-state index is 3.72. The summed E-state index contributed by atoms with van der Waals surface area (Å²) in [6.45, 7) is 7.54. The van der Waals surface area contributed by atoms with E-state index in [9.17, 15) is 0 Å². The Bertz CT molecular complexity index is 215. The minimum Gasteiger partial charge on any atom is -0.316 e. The molecule has 2 aliphatic heterocycles. The van der Waals surface area contributed by atoms with Crippen molar-refractivity contribution in [3.05, 3.63) is 0 Å². The fraction of sp³-hybridized carbons (Fsp3) is 1.00.